The summed E-state index contributed by atoms with van der Waals surface area (Å²) in [4.78, 5) is 0. The van der Waals surface area contributed by atoms with Crippen molar-refractivity contribution in [1.29, 1.82) is 0 Å². The molecule has 0 aliphatic heterocycles. The predicted octanol–water partition coefficient (Wildman–Crippen LogP) is 0.466. The van der Waals surface area contributed by atoms with E-state index in [0.717, 1.165) is 12.8 Å². The Kier molecular flexibility index (Phi) is 2.33. The predicted molar refractivity (Wildman–Crippen MR) is 37.5 cm³/mol. The maximum absolute atomic E-state index is 9.14. The maximum Gasteiger partial charge on any atom is 0.0718 e. The number of halogens is 1. The van der Waals surface area contributed by atoms with Crippen molar-refractivity contribution in [2.45, 2.75) is 36.8 Å². The zero-order valence-corrected chi connectivity index (χ0v) is 6.01. The Morgan fingerprint density at radius 3 is 2.56 bits per heavy atom. The molecule has 2 nitrogen and oxygen atoms in total. The molecular weight excluding hydrogens is 138 g/mol. The van der Waals surface area contributed by atoms with Gasteiger partial charge in [-0.2, -0.15) is 0 Å². The first kappa shape index (κ1) is 7.32. The molecular formula is C6H12ClNO. The SMILES string of the molecule is NC1CCC(Cl)C(O)C1. The Balaban J connectivity index is 2.35. The first-order chi connectivity index (χ1) is 4.20. The molecule has 1 aliphatic rings. The van der Waals surface area contributed by atoms with Gasteiger partial charge in [-0.15, -0.1) is 11.6 Å². The topological polar surface area (TPSA) is 46.2 Å². The van der Waals surface area contributed by atoms with E-state index in [0.29, 0.717) is 6.42 Å². The minimum absolute atomic E-state index is 0.0650. The summed E-state index contributed by atoms with van der Waals surface area (Å²) in [6.45, 7) is 0. The van der Waals surface area contributed by atoms with Crippen LogP contribution in [0.3, 0.4) is 0 Å². The van der Waals surface area contributed by atoms with E-state index < -0.39 is 0 Å². The van der Waals surface area contributed by atoms with E-state index in [1.165, 1.54) is 0 Å². The molecule has 54 valence electrons. The number of rotatable bonds is 0. The van der Waals surface area contributed by atoms with Gasteiger partial charge in [-0.25, -0.2) is 0 Å². The van der Waals surface area contributed by atoms with E-state index in [1.807, 2.05) is 0 Å². The first-order valence-electron chi connectivity index (χ1n) is 3.28. The van der Waals surface area contributed by atoms with E-state index in [9.17, 15) is 0 Å². The van der Waals surface area contributed by atoms with Crippen molar-refractivity contribution in [3.63, 3.8) is 0 Å². The van der Waals surface area contributed by atoms with Gasteiger partial charge in [0.1, 0.15) is 0 Å². The molecule has 0 aromatic rings. The molecule has 0 aromatic heterocycles. The molecule has 9 heavy (non-hydrogen) atoms. The van der Waals surface area contributed by atoms with Crippen LogP contribution in [-0.2, 0) is 0 Å². The molecule has 0 amide bonds. The number of nitrogens with two attached hydrogens (primary N) is 1. The Morgan fingerprint density at radius 1 is 1.44 bits per heavy atom. The molecule has 1 aliphatic carbocycles. The zero-order valence-electron chi connectivity index (χ0n) is 5.26. The van der Waals surface area contributed by atoms with E-state index in [1.54, 1.807) is 0 Å². The van der Waals surface area contributed by atoms with E-state index in [-0.39, 0.29) is 17.5 Å². The third-order valence-corrected chi connectivity index (χ3v) is 2.28. The normalized spacial score (nSPS) is 45.0. The minimum Gasteiger partial charge on any atom is -0.392 e. The van der Waals surface area contributed by atoms with Gasteiger partial charge in [0.2, 0.25) is 0 Å². The molecule has 1 saturated carbocycles. The smallest absolute Gasteiger partial charge is 0.0718 e. The average molecular weight is 150 g/mol. The summed E-state index contributed by atoms with van der Waals surface area (Å²) in [6, 6.07) is 0.162. The summed E-state index contributed by atoms with van der Waals surface area (Å²) < 4.78 is 0. The second-order valence-corrected chi connectivity index (χ2v) is 3.22. The van der Waals surface area contributed by atoms with Crippen molar-refractivity contribution in [3.8, 4) is 0 Å². The van der Waals surface area contributed by atoms with E-state index >= 15 is 0 Å². The van der Waals surface area contributed by atoms with Crippen molar-refractivity contribution < 1.29 is 5.11 Å². The van der Waals surface area contributed by atoms with Crippen LogP contribution in [0.25, 0.3) is 0 Å². The van der Waals surface area contributed by atoms with Gasteiger partial charge in [0.25, 0.3) is 0 Å². The van der Waals surface area contributed by atoms with Gasteiger partial charge in [0, 0.05) is 6.04 Å². The van der Waals surface area contributed by atoms with E-state index in [2.05, 4.69) is 0 Å². The lowest BCUT2D eigenvalue weighted by Gasteiger charge is -2.26. The van der Waals surface area contributed by atoms with Gasteiger partial charge in [-0.3, -0.25) is 0 Å². The summed E-state index contributed by atoms with van der Waals surface area (Å²) in [7, 11) is 0. The van der Waals surface area contributed by atoms with E-state index in [4.69, 9.17) is 22.4 Å². The molecule has 1 fully saturated rings. The number of hydrogen-bond donors (Lipinski definition) is 2. The van der Waals surface area contributed by atoms with Crippen LogP contribution < -0.4 is 5.73 Å². The largest absolute Gasteiger partial charge is 0.392 e. The van der Waals surface area contributed by atoms with Crippen molar-refractivity contribution in [3.05, 3.63) is 0 Å². The molecule has 0 spiro atoms. The van der Waals surface area contributed by atoms with Crippen LogP contribution in [0, 0.1) is 0 Å². The van der Waals surface area contributed by atoms with Crippen LogP contribution in [0.15, 0.2) is 0 Å². The zero-order chi connectivity index (χ0) is 6.85. The Bertz CT molecular complexity index is 99.1. The standard InChI is InChI=1S/C6H12ClNO/c7-5-2-1-4(8)3-6(5)9/h4-6,9H,1-3,8H2. The monoisotopic (exact) mass is 149 g/mol. The fourth-order valence-corrected chi connectivity index (χ4v) is 1.37. The van der Waals surface area contributed by atoms with Gasteiger partial charge in [0.15, 0.2) is 0 Å². The van der Waals surface area contributed by atoms with Crippen LogP contribution in [-0.4, -0.2) is 22.6 Å². The average Bonchev–Trinajstić information content (AvgIpc) is 1.80. The molecule has 0 heterocycles. The van der Waals surface area contributed by atoms with Gasteiger partial charge in [-0.05, 0) is 19.3 Å². The van der Waals surface area contributed by atoms with Crippen LogP contribution in [0.2, 0.25) is 0 Å². The summed E-state index contributed by atoms with van der Waals surface area (Å²) >= 11 is 5.73. The Morgan fingerprint density at radius 2 is 2.11 bits per heavy atom. The summed E-state index contributed by atoms with van der Waals surface area (Å²) in [5, 5.41) is 9.07. The Labute approximate surface area is 60.0 Å². The highest BCUT2D eigenvalue weighted by Gasteiger charge is 2.24. The minimum atomic E-state index is -0.379. The summed E-state index contributed by atoms with van der Waals surface area (Å²) in [6.07, 6.45) is 2.08. The number of aliphatic hydroxyl groups excluding tert-OH is 1. The van der Waals surface area contributed by atoms with Crippen molar-refractivity contribution in [2.75, 3.05) is 0 Å². The molecule has 0 radical (unpaired) electrons. The lowest BCUT2D eigenvalue weighted by Crippen LogP contribution is -2.37. The maximum atomic E-state index is 9.14. The molecule has 3 N–H and O–H groups in total. The molecule has 1 rings (SSSR count). The molecule has 3 heteroatoms. The van der Waals surface area contributed by atoms with Crippen LogP contribution in [0.1, 0.15) is 19.3 Å². The van der Waals surface area contributed by atoms with Crippen molar-refractivity contribution in [2.24, 2.45) is 5.73 Å². The number of aliphatic hydroxyl groups is 1. The van der Waals surface area contributed by atoms with Crippen LogP contribution in [0.5, 0.6) is 0 Å². The van der Waals surface area contributed by atoms with Crippen LogP contribution in [0.4, 0.5) is 0 Å². The van der Waals surface area contributed by atoms with Crippen molar-refractivity contribution in [1.82, 2.24) is 0 Å². The Hall–Kier alpha value is 0.210. The van der Waals surface area contributed by atoms with Gasteiger partial charge in [0.05, 0.1) is 11.5 Å². The fourth-order valence-electron chi connectivity index (χ4n) is 1.14. The molecule has 0 saturated heterocycles. The fraction of sp³-hybridized carbons (Fsp3) is 1.00. The highest BCUT2D eigenvalue weighted by atomic mass is 35.5. The highest BCUT2D eigenvalue weighted by Crippen LogP contribution is 2.21. The quantitative estimate of drug-likeness (QED) is 0.492. The lowest BCUT2D eigenvalue weighted by molar-refractivity contribution is 0.125. The molecule has 3 unspecified atom stereocenters. The summed E-state index contributed by atoms with van der Waals surface area (Å²) in [5.74, 6) is 0. The lowest BCUT2D eigenvalue weighted by atomic mass is 9.93. The van der Waals surface area contributed by atoms with Gasteiger partial charge >= 0.3 is 0 Å². The number of hydrogen-bond acceptors (Lipinski definition) is 2. The third kappa shape index (κ3) is 1.81. The van der Waals surface area contributed by atoms with Crippen molar-refractivity contribution >= 4 is 11.6 Å². The molecule has 0 aromatic carbocycles. The first-order valence-corrected chi connectivity index (χ1v) is 3.71. The second-order valence-electron chi connectivity index (χ2n) is 2.66. The summed E-state index contributed by atoms with van der Waals surface area (Å²) in [5.41, 5.74) is 5.57. The van der Waals surface area contributed by atoms with Gasteiger partial charge < -0.3 is 10.8 Å². The second kappa shape index (κ2) is 2.86. The highest BCUT2D eigenvalue weighted by molar-refractivity contribution is 6.21. The third-order valence-electron chi connectivity index (χ3n) is 1.77. The number of alkyl halides is 1. The van der Waals surface area contributed by atoms with Gasteiger partial charge in [-0.1, -0.05) is 0 Å². The molecule has 3 atom stereocenters. The molecule has 0 bridgehead atoms. The van der Waals surface area contributed by atoms with Crippen LogP contribution >= 0.6 is 11.6 Å².